The lowest BCUT2D eigenvalue weighted by molar-refractivity contribution is -0.145. The number of piperidine rings is 1. The van der Waals surface area contributed by atoms with Gasteiger partial charge in [-0.05, 0) is 19.8 Å². The summed E-state index contributed by atoms with van der Waals surface area (Å²) in [5.74, 6) is -0.968. The zero-order valence-corrected chi connectivity index (χ0v) is 12.0. The number of hydrogen-bond acceptors (Lipinski definition) is 5. The van der Waals surface area contributed by atoms with Gasteiger partial charge in [0.15, 0.2) is 5.13 Å². The lowest BCUT2D eigenvalue weighted by Crippen LogP contribution is -2.43. The number of nitrogens with zero attached hydrogens (tertiary/aromatic N) is 2. The van der Waals surface area contributed by atoms with Crippen LogP contribution >= 0.6 is 11.3 Å². The minimum atomic E-state index is -0.968. The number of rotatable bonds is 4. The summed E-state index contributed by atoms with van der Waals surface area (Å²) in [6.45, 7) is 2.76. The largest absolute Gasteiger partial charge is 0.480 e. The Hall–Kier alpha value is -1.67. The second-order valence-corrected chi connectivity index (χ2v) is 5.83. The Morgan fingerprint density at radius 2 is 2.25 bits per heavy atom. The molecule has 1 aromatic heterocycles. The van der Waals surface area contributed by atoms with Crippen LogP contribution in [0.4, 0.5) is 9.93 Å². The zero-order valence-electron chi connectivity index (χ0n) is 11.2. The van der Waals surface area contributed by atoms with Gasteiger partial charge in [0, 0.05) is 24.2 Å². The number of aliphatic carboxylic acids is 1. The van der Waals surface area contributed by atoms with Crippen LogP contribution in [0, 0.1) is 6.92 Å². The highest BCUT2D eigenvalue weighted by molar-refractivity contribution is 7.15. The van der Waals surface area contributed by atoms with Gasteiger partial charge >= 0.3 is 12.0 Å². The van der Waals surface area contributed by atoms with Gasteiger partial charge in [-0.3, -0.25) is 5.32 Å². The smallest absolute Gasteiger partial charge is 0.329 e. The van der Waals surface area contributed by atoms with E-state index in [0.717, 1.165) is 4.88 Å². The summed E-state index contributed by atoms with van der Waals surface area (Å²) in [4.78, 5) is 29.2. The maximum absolute atomic E-state index is 12.0. The van der Waals surface area contributed by atoms with Crippen molar-refractivity contribution >= 4 is 28.5 Å². The molecular weight excluding hydrogens is 282 g/mol. The number of thiazole rings is 1. The molecule has 0 spiro atoms. The van der Waals surface area contributed by atoms with E-state index < -0.39 is 5.97 Å². The van der Waals surface area contributed by atoms with E-state index in [1.165, 1.54) is 11.3 Å². The summed E-state index contributed by atoms with van der Waals surface area (Å²) >= 11 is 1.43. The first kappa shape index (κ1) is 14.7. The van der Waals surface area contributed by atoms with Crippen molar-refractivity contribution < 1.29 is 19.4 Å². The number of aromatic nitrogens is 1. The Morgan fingerprint density at radius 1 is 1.55 bits per heavy atom. The zero-order chi connectivity index (χ0) is 14.5. The Balaban J connectivity index is 1.75. The Labute approximate surface area is 120 Å². The van der Waals surface area contributed by atoms with E-state index in [0.29, 0.717) is 31.1 Å². The summed E-state index contributed by atoms with van der Waals surface area (Å²) in [6, 6.07) is -0.170. The van der Waals surface area contributed by atoms with E-state index in [4.69, 9.17) is 9.84 Å². The summed E-state index contributed by atoms with van der Waals surface area (Å²) in [7, 11) is 0. The van der Waals surface area contributed by atoms with Crippen LogP contribution in [0.5, 0.6) is 0 Å². The van der Waals surface area contributed by atoms with Gasteiger partial charge in [0.25, 0.3) is 0 Å². The van der Waals surface area contributed by atoms with E-state index in [1.807, 2.05) is 6.92 Å². The number of ether oxygens (including phenoxy) is 1. The van der Waals surface area contributed by atoms with Crippen LogP contribution in [0.3, 0.4) is 0 Å². The maximum Gasteiger partial charge on any atom is 0.329 e. The molecule has 0 aromatic carbocycles. The molecule has 8 heteroatoms. The van der Waals surface area contributed by atoms with E-state index in [-0.39, 0.29) is 18.7 Å². The lowest BCUT2D eigenvalue weighted by atomic mass is 10.1. The number of hydrogen-bond donors (Lipinski definition) is 2. The monoisotopic (exact) mass is 299 g/mol. The third-order valence-electron chi connectivity index (χ3n) is 3.01. The molecule has 1 aliphatic rings. The van der Waals surface area contributed by atoms with Crippen LogP contribution < -0.4 is 5.32 Å². The van der Waals surface area contributed by atoms with Gasteiger partial charge < -0.3 is 14.7 Å². The molecule has 1 fully saturated rings. The fourth-order valence-electron chi connectivity index (χ4n) is 2.00. The fraction of sp³-hybridized carbons (Fsp3) is 0.583. The third kappa shape index (κ3) is 4.17. The molecule has 1 saturated heterocycles. The number of carbonyl (C=O) groups is 2. The Morgan fingerprint density at radius 3 is 2.80 bits per heavy atom. The van der Waals surface area contributed by atoms with Crippen LogP contribution in [0.1, 0.15) is 17.7 Å². The van der Waals surface area contributed by atoms with Crippen LogP contribution in [0.2, 0.25) is 0 Å². The van der Waals surface area contributed by atoms with E-state index in [2.05, 4.69) is 10.3 Å². The van der Waals surface area contributed by atoms with E-state index in [1.54, 1.807) is 11.1 Å². The number of aryl methyl sites for hydroxylation is 1. The van der Waals surface area contributed by atoms with Gasteiger partial charge in [-0.25, -0.2) is 14.6 Å². The summed E-state index contributed by atoms with van der Waals surface area (Å²) in [6.07, 6.45) is 2.93. The molecule has 7 nitrogen and oxygen atoms in total. The molecule has 2 heterocycles. The van der Waals surface area contributed by atoms with Gasteiger partial charge in [-0.2, -0.15) is 0 Å². The quantitative estimate of drug-likeness (QED) is 0.880. The number of anilines is 1. The van der Waals surface area contributed by atoms with Crippen molar-refractivity contribution in [3.63, 3.8) is 0 Å². The van der Waals surface area contributed by atoms with Crippen LogP contribution in [-0.4, -0.2) is 52.8 Å². The number of carboxylic acid groups (broad SMARTS) is 1. The SMILES string of the molecule is Cc1cnc(NC(=O)N2CCC(OCC(=O)O)CC2)s1. The number of carbonyl (C=O) groups excluding carboxylic acids is 1. The van der Waals surface area contributed by atoms with E-state index in [9.17, 15) is 9.59 Å². The minimum Gasteiger partial charge on any atom is -0.480 e. The Kier molecular flexibility index (Phi) is 4.91. The second kappa shape index (κ2) is 6.67. The molecule has 110 valence electrons. The van der Waals surface area contributed by atoms with Gasteiger partial charge in [0.1, 0.15) is 6.61 Å². The number of urea groups is 1. The van der Waals surface area contributed by atoms with Gasteiger partial charge in [0.2, 0.25) is 0 Å². The van der Waals surface area contributed by atoms with Crippen molar-refractivity contribution in [2.24, 2.45) is 0 Å². The molecule has 0 radical (unpaired) electrons. The predicted molar refractivity (Wildman–Crippen MR) is 74.1 cm³/mol. The molecule has 2 amide bonds. The molecular formula is C12H17N3O4S. The highest BCUT2D eigenvalue weighted by Crippen LogP contribution is 2.19. The maximum atomic E-state index is 12.0. The van der Waals surface area contributed by atoms with Crippen molar-refractivity contribution in [3.8, 4) is 0 Å². The van der Waals surface area contributed by atoms with E-state index >= 15 is 0 Å². The molecule has 0 saturated carbocycles. The highest BCUT2D eigenvalue weighted by atomic mass is 32.1. The first-order valence-electron chi connectivity index (χ1n) is 6.36. The van der Waals surface area contributed by atoms with Crippen molar-refractivity contribution in [2.45, 2.75) is 25.9 Å². The summed E-state index contributed by atoms with van der Waals surface area (Å²) in [5.41, 5.74) is 0. The van der Waals surface area contributed by atoms with Crippen LogP contribution in [0.25, 0.3) is 0 Å². The number of carboxylic acids is 1. The van der Waals surface area contributed by atoms with Crippen molar-refractivity contribution in [1.82, 2.24) is 9.88 Å². The molecule has 0 unspecified atom stereocenters. The molecule has 1 aliphatic heterocycles. The average molecular weight is 299 g/mol. The highest BCUT2D eigenvalue weighted by Gasteiger charge is 2.24. The number of nitrogens with one attached hydrogen (secondary N) is 1. The number of amides is 2. The third-order valence-corrected chi connectivity index (χ3v) is 3.84. The number of likely N-dealkylation sites (tertiary alicyclic amines) is 1. The molecule has 2 rings (SSSR count). The van der Waals surface area contributed by atoms with Gasteiger partial charge in [0.05, 0.1) is 6.10 Å². The van der Waals surface area contributed by atoms with Crippen molar-refractivity contribution in [1.29, 1.82) is 0 Å². The van der Waals surface area contributed by atoms with Gasteiger partial charge in [-0.15, -0.1) is 11.3 Å². The topological polar surface area (TPSA) is 91.8 Å². The molecule has 20 heavy (non-hydrogen) atoms. The standard InChI is InChI=1S/C12H17N3O4S/c1-8-6-13-11(20-8)14-12(18)15-4-2-9(3-5-15)19-7-10(16)17/h6,9H,2-5,7H2,1H3,(H,16,17)(H,13,14,18). The molecule has 1 aromatic rings. The second-order valence-electron chi connectivity index (χ2n) is 4.60. The Bertz CT molecular complexity index is 483. The lowest BCUT2D eigenvalue weighted by Gasteiger charge is -2.31. The average Bonchev–Trinajstić information content (AvgIpc) is 2.82. The van der Waals surface area contributed by atoms with Gasteiger partial charge in [-0.1, -0.05) is 0 Å². The first-order chi connectivity index (χ1) is 9.54. The van der Waals surface area contributed by atoms with Crippen molar-refractivity contribution in [2.75, 3.05) is 25.0 Å². The first-order valence-corrected chi connectivity index (χ1v) is 7.18. The molecule has 0 bridgehead atoms. The van der Waals surface area contributed by atoms with Crippen LogP contribution in [0.15, 0.2) is 6.20 Å². The summed E-state index contributed by atoms with van der Waals surface area (Å²) in [5, 5.41) is 11.9. The molecule has 0 atom stereocenters. The minimum absolute atomic E-state index is 0.0859. The predicted octanol–water partition coefficient (Wildman–Crippen LogP) is 1.55. The molecule has 2 N–H and O–H groups in total. The fourth-order valence-corrected chi connectivity index (χ4v) is 2.65. The molecule has 0 aliphatic carbocycles. The normalized spacial score (nSPS) is 16.1. The van der Waals surface area contributed by atoms with Crippen molar-refractivity contribution in [3.05, 3.63) is 11.1 Å². The van der Waals surface area contributed by atoms with Crippen LogP contribution in [-0.2, 0) is 9.53 Å². The summed E-state index contributed by atoms with van der Waals surface area (Å²) < 4.78 is 5.23.